The zero-order valence-electron chi connectivity index (χ0n) is 14.6. The Balaban J connectivity index is 1.53. The Bertz CT molecular complexity index is 706. The van der Waals surface area contributed by atoms with Gasteiger partial charge in [0.25, 0.3) is 0 Å². The first-order chi connectivity index (χ1) is 12.0. The maximum absolute atomic E-state index is 13.0. The van der Waals surface area contributed by atoms with Crippen LogP contribution in [-0.2, 0) is 11.3 Å². The number of nitrogens with zero attached hydrogens (tertiary/aromatic N) is 4. The predicted molar refractivity (Wildman–Crippen MR) is 91.0 cm³/mol. The number of piperazine rings is 1. The fraction of sp³-hybridized carbons (Fsp3) is 0.500. The molecule has 2 heterocycles. The normalized spacial score (nSPS) is 15.8. The molecule has 2 aromatic rings. The van der Waals surface area contributed by atoms with Crippen LogP contribution >= 0.6 is 0 Å². The standard InChI is InChI=1S/C18H23FN4O2/c1-13(2)11-17(24)23-9-7-22(8-10-23)12-16-20-18(21-25-16)14-3-5-15(19)6-4-14/h3-6,13H,7-12H2,1-2H3. The van der Waals surface area contributed by atoms with Gasteiger partial charge in [0.05, 0.1) is 6.54 Å². The molecule has 0 bridgehead atoms. The lowest BCUT2D eigenvalue weighted by atomic mass is 10.1. The molecule has 134 valence electrons. The number of hydrogen-bond acceptors (Lipinski definition) is 5. The van der Waals surface area contributed by atoms with E-state index < -0.39 is 0 Å². The molecule has 1 aromatic carbocycles. The maximum atomic E-state index is 13.0. The highest BCUT2D eigenvalue weighted by molar-refractivity contribution is 5.76. The molecule has 6 nitrogen and oxygen atoms in total. The van der Waals surface area contributed by atoms with Crippen molar-refractivity contribution in [2.75, 3.05) is 26.2 Å². The van der Waals surface area contributed by atoms with Crippen molar-refractivity contribution in [1.29, 1.82) is 0 Å². The predicted octanol–water partition coefficient (Wildman–Crippen LogP) is 2.57. The second-order valence-corrected chi connectivity index (χ2v) is 6.77. The number of benzene rings is 1. The van der Waals surface area contributed by atoms with Crippen molar-refractivity contribution in [2.45, 2.75) is 26.8 Å². The summed E-state index contributed by atoms with van der Waals surface area (Å²) in [6, 6.07) is 6.00. The molecule has 1 aliphatic rings. The Labute approximate surface area is 146 Å². The van der Waals surface area contributed by atoms with Crippen molar-refractivity contribution >= 4 is 5.91 Å². The Morgan fingerprint density at radius 3 is 2.52 bits per heavy atom. The van der Waals surface area contributed by atoms with Gasteiger partial charge in [0, 0.05) is 38.2 Å². The monoisotopic (exact) mass is 346 g/mol. The number of carbonyl (C=O) groups excluding carboxylic acids is 1. The van der Waals surface area contributed by atoms with Crippen LogP contribution in [0.1, 0.15) is 26.2 Å². The van der Waals surface area contributed by atoms with Gasteiger partial charge in [-0.05, 0) is 30.2 Å². The van der Waals surface area contributed by atoms with Gasteiger partial charge in [0.1, 0.15) is 5.82 Å². The summed E-state index contributed by atoms with van der Waals surface area (Å²) < 4.78 is 18.3. The summed E-state index contributed by atoms with van der Waals surface area (Å²) >= 11 is 0. The Morgan fingerprint density at radius 1 is 1.20 bits per heavy atom. The molecule has 7 heteroatoms. The SMILES string of the molecule is CC(C)CC(=O)N1CCN(Cc2nc(-c3ccc(F)cc3)no2)CC1. The van der Waals surface area contributed by atoms with Crippen LogP contribution < -0.4 is 0 Å². The minimum Gasteiger partial charge on any atom is -0.340 e. The van der Waals surface area contributed by atoms with Crippen LogP contribution in [0, 0.1) is 11.7 Å². The minimum absolute atomic E-state index is 0.228. The fourth-order valence-electron chi connectivity index (χ4n) is 2.86. The molecule has 1 amide bonds. The molecule has 1 fully saturated rings. The lowest BCUT2D eigenvalue weighted by Crippen LogP contribution is -2.48. The molecule has 0 radical (unpaired) electrons. The van der Waals surface area contributed by atoms with Crippen molar-refractivity contribution in [3.8, 4) is 11.4 Å². The summed E-state index contributed by atoms with van der Waals surface area (Å²) in [6.07, 6.45) is 0.602. The zero-order chi connectivity index (χ0) is 17.8. The van der Waals surface area contributed by atoms with Crippen LogP contribution in [0.4, 0.5) is 4.39 Å². The number of aromatic nitrogens is 2. The molecule has 0 spiro atoms. The lowest BCUT2D eigenvalue weighted by molar-refractivity contribution is -0.133. The van der Waals surface area contributed by atoms with Crippen LogP contribution in [0.2, 0.25) is 0 Å². The van der Waals surface area contributed by atoms with Crippen LogP contribution in [0.5, 0.6) is 0 Å². The van der Waals surface area contributed by atoms with Gasteiger partial charge in [-0.1, -0.05) is 19.0 Å². The smallest absolute Gasteiger partial charge is 0.241 e. The van der Waals surface area contributed by atoms with E-state index in [-0.39, 0.29) is 11.7 Å². The molecular formula is C18H23FN4O2. The molecule has 25 heavy (non-hydrogen) atoms. The van der Waals surface area contributed by atoms with Gasteiger partial charge in [-0.2, -0.15) is 4.98 Å². The molecule has 1 saturated heterocycles. The molecule has 0 unspecified atom stereocenters. The molecule has 0 aliphatic carbocycles. The van der Waals surface area contributed by atoms with Gasteiger partial charge < -0.3 is 9.42 Å². The van der Waals surface area contributed by atoms with Gasteiger partial charge >= 0.3 is 0 Å². The van der Waals surface area contributed by atoms with Gasteiger partial charge in [0.15, 0.2) is 0 Å². The summed E-state index contributed by atoms with van der Waals surface area (Å²) in [4.78, 5) is 20.6. The van der Waals surface area contributed by atoms with Crippen LogP contribution in [0.25, 0.3) is 11.4 Å². The first-order valence-electron chi connectivity index (χ1n) is 8.60. The molecule has 0 N–H and O–H groups in total. The Morgan fingerprint density at radius 2 is 1.88 bits per heavy atom. The second kappa shape index (κ2) is 7.74. The van der Waals surface area contributed by atoms with E-state index >= 15 is 0 Å². The summed E-state index contributed by atoms with van der Waals surface area (Å²) in [5, 5.41) is 3.96. The number of amides is 1. The lowest BCUT2D eigenvalue weighted by Gasteiger charge is -2.34. The van der Waals surface area contributed by atoms with Gasteiger partial charge in [-0.3, -0.25) is 9.69 Å². The highest BCUT2D eigenvalue weighted by atomic mass is 19.1. The van der Waals surface area contributed by atoms with E-state index in [9.17, 15) is 9.18 Å². The highest BCUT2D eigenvalue weighted by Gasteiger charge is 2.23. The molecule has 1 aromatic heterocycles. The van der Waals surface area contributed by atoms with Gasteiger partial charge in [-0.15, -0.1) is 0 Å². The maximum Gasteiger partial charge on any atom is 0.241 e. The second-order valence-electron chi connectivity index (χ2n) is 6.77. The van der Waals surface area contributed by atoms with Crippen molar-refractivity contribution in [2.24, 2.45) is 5.92 Å². The number of halogens is 1. The molecule has 0 saturated carbocycles. The molecule has 1 aliphatic heterocycles. The third kappa shape index (κ3) is 4.63. The van der Waals surface area contributed by atoms with E-state index in [1.165, 1.54) is 12.1 Å². The average molecular weight is 346 g/mol. The molecule has 0 atom stereocenters. The quantitative estimate of drug-likeness (QED) is 0.833. The molecule has 3 rings (SSSR count). The summed E-state index contributed by atoms with van der Waals surface area (Å²) in [5.74, 6) is 1.30. The highest BCUT2D eigenvalue weighted by Crippen LogP contribution is 2.17. The fourth-order valence-corrected chi connectivity index (χ4v) is 2.86. The van der Waals surface area contributed by atoms with E-state index in [0.29, 0.717) is 30.6 Å². The van der Waals surface area contributed by atoms with E-state index in [2.05, 4.69) is 28.9 Å². The van der Waals surface area contributed by atoms with E-state index in [1.807, 2.05) is 4.90 Å². The van der Waals surface area contributed by atoms with Gasteiger partial charge in [0.2, 0.25) is 17.6 Å². The van der Waals surface area contributed by atoms with Crippen molar-refractivity contribution in [3.63, 3.8) is 0 Å². The minimum atomic E-state index is -0.294. The average Bonchev–Trinajstić information content (AvgIpc) is 3.04. The summed E-state index contributed by atoms with van der Waals surface area (Å²) in [7, 11) is 0. The van der Waals surface area contributed by atoms with E-state index in [0.717, 1.165) is 31.7 Å². The number of hydrogen-bond donors (Lipinski definition) is 0. The van der Waals surface area contributed by atoms with Crippen molar-refractivity contribution in [3.05, 3.63) is 36.0 Å². The first kappa shape index (κ1) is 17.5. The Hall–Kier alpha value is -2.28. The van der Waals surface area contributed by atoms with Crippen LogP contribution in [0.15, 0.2) is 28.8 Å². The summed E-state index contributed by atoms with van der Waals surface area (Å²) in [6.45, 7) is 7.70. The largest absolute Gasteiger partial charge is 0.340 e. The number of rotatable bonds is 5. The summed E-state index contributed by atoms with van der Waals surface area (Å²) in [5.41, 5.74) is 0.723. The zero-order valence-corrected chi connectivity index (χ0v) is 14.6. The van der Waals surface area contributed by atoms with Crippen molar-refractivity contribution < 1.29 is 13.7 Å². The van der Waals surface area contributed by atoms with Crippen molar-refractivity contribution in [1.82, 2.24) is 19.9 Å². The van der Waals surface area contributed by atoms with E-state index in [4.69, 9.17) is 4.52 Å². The third-order valence-electron chi connectivity index (χ3n) is 4.24. The number of carbonyl (C=O) groups is 1. The topological polar surface area (TPSA) is 62.5 Å². The van der Waals surface area contributed by atoms with Crippen LogP contribution in [-0.4, -0.2) is 52.0 Å². The van der Waals surface area contributed by atoms with Crippen LogP contribution in [0.3, 0.4) is 0 Å². The Kier molecular flexibility index (Phi) is 5.43. The molecular weight excluding hydrogens is 323 g/mol. The third-order valence-corrected chi connectivity index (χ3v) is 4.24. The first-order valence-corrected chi connectivity index (χ1v) is 8.60. The van der Waals surface area contributed by atoms with Gasteiger partial charge in [-0.25, -0.2) is 4.39 Å². The van der Waals surface area contributed by atoms with E-state index in [1.54, 1.807) is 12.1 Å².